The molecule has 0 aliphatic carbocycles. The lowest BCUT2D eigenvalue weighted by molar-refractivity contribution is 0.251. The molecule has 5 heteroatoms. The number of nitrogens with zero attached hydrogens (tertiary/aromatic N) is 2. The summed E-state index contributed by atoms with van der Waals surface area (Å²) in [5, 5.41) is 12.4. The summed E-state index contributed by atoms with van der Waals surface area (Å²) in [5.74, 6) is 0.933. The van der Waals surface area contributed by atoms with Crippen LogP contribution in [0.25, 0.3) is 0 Å². The number of hydrogen-bond acceptors (Lipinski definition) is 5. The van der Waals surface area contributed by atoms with Crippen LogP contribution in [0.3, 0.4) is 0 Å². The molecule has 1 aromatic rings. The molecule has 3 N–H and O–H groups in total. The zero-order valence-electron chi connectivity index (χ0n) is 8.82. The van der Waals surface area contributed by atoms with Crippen molar-refractivity contribution < 1.29 is 9.63 Å². The third-order valence-corrected chi connectivity index (χ3v) is 2.02. The maximum Gasteiger partial charge on any atom is 0.244 e. The first kappa shape index (κ1) is 11.1. The third kappa shape index (κ3) is 2.52. The van der Waals surface area contributed by atoms with E-state index in [2.05, 4.69) is 10.1 Å². The molecule has 80 valence electrons. The molecule has 1 rings (SSSR count). The summed E-state index contributed by atoms with van der Waals surface area (Å²) in [6.07, 6.45) is 0.403. The molecule has 1 unspecified atom stereocenters. The summed E-state index contributed by atoms with van der Waals surface area (Å²) in [4.78, 5) is 4.10. The van der Waals surface area contributed by atoms with E-state index in [0.29, 0.717) is 18.1 Å². The van der Waals surface area contributed by atoms with E-state index in [1.165, 1.54) is 0 Å². The second-order valence-corrected chi connectivity index (χ2v) is 4.37. The molecule has 0 bridgehead atoms. The molecular weight excluding hydrogens is 182 g/mol. The maximum atomic E-state index is 8.67. The van der Waals surface area contributed by atoms with Crippen LogP contribution in [-0.4, -0.2) is 21.9 Å². The van der Waals surface area contributed by atoms with Crippen LogP contribution in [0.15, 0.2) is 4.52 Å². The Bertz CT molecular complexity index is 290. The SMILES string of the molecule is CC(C)(C)C(N)c1nc(CCO)no1. The van der Waals surface area contributed by atoms with Crippen LogP contribution in [0, 0.1) is 5.41 Å². The van der Waals surface area contributed by atoms with Gasteiger partial charge < -0.3 is 15.4 Å². The van der Waals surface area contributed by atoms with Gasteiger partial charge in [0.25, 0.3) is 0 Å². The molecule has 0 saturated heterocycles. The molecular formula is C9H17N3O2. The fourth-order valence-electron chi connectivity index (χ4n) is 0.966. The Balaban J connectivity index is 2.76. The Morgan fingerprint density at radius 3 is 2.64 bits per heavy atom. The van der Waals surface area contributed by atoms with E-state index in [9.17, 15) is 0 Å². The van der Waals surface area contributed by atoms with Crippen LogP contribution in [0.1, 0.15) is 38.5 Å². The van der Waals surface area contributed by atoms with Crippen LogP contribution >= 0.6 is 0 Å². The Morgan fingerprint density at radius 1 is 1.50 bits per heavy atom. The topological polar surface area (TPSA) is 85.2 Å². The van der Waals surface area contributed by atoms with E-state index in [1.807, 2.05) is 20.8 Å². The smallest absolute Gasteiger partial charge is 0.244 e. The van der Waals surface area contributed by atoms with Crippen LogP contribution in [0.4, 0.5) is 0 Å². The van der Waals surface area contributed by atoms with Crippen LogP contribution in [0.2, 0.25) is 0 Å². The summed E-state index contributed by atoms with van der Waals surface area (Å²) < 4.78 is 5.01. The Kier molecular flexibility index (Phi) is 3.23. The highest BCUT2D eigenvalue weighted by Gasteiger charge is 2.27. The number of aliphatic hydroxyl groups is 1. The van der Waals surface area contributed by atoms with Crippen molar-refractivity contribution in [1.29, 1.82) is 0 Å². The van der Waals surface area contributed by atoms with Crippen LogP contribution < -0.4 is 5.73 Å². The monoisotopic (exact) mass is 199 g/mol. The van der Waals surface area contributed by atoms with E-state index in [0.717, 1.165) is 0 Å². The van der Waals surface area contributed by atoms with E-state index < -0.39 is 0 Å². The van der Waals surface area contributed by atoms with Gasteiger partial charge in [-0.15, -0.1) is 0 Å². The Hall–Kier alpha value is -0.940. The average Bonchev–Trinajstić information content (AvgIpc) is 2.50. The van der Waals surface area contributed by atoms with Crippen molar-refractivity contribution in [3.8, 4) is 0 Å². The van der Waals surface area contributed by atoms with Gasteiger partial charge in [0.15, 0.2) is 5.82 Å². The molecule has 1 heterocycles. The quantitative estimate of drug-likeness (QED) is 0.746. The lowest BCUT2D eigenvalue weighted by Gasteiger charge is -2.23. The van der Waals surface area contributed by atoms with Gasteiger partial charge in [0.1, 0.15) is 0 Å². The highest BCUT2D eigenvalue weighted by atomic mass is 16.5. The second-order valence-electron chi connectivity index (χ2n) is 4.37. The average molecular weight is 199 g/mol. The summed E-state index contributed by atoms with van der Waals surface area (Å²) >= 11 is 0. The number of hydrogen-bond donors (Lipinski definition) is 2. The van der Waals surface area contributed by atoms with Gasteiger partial charge in [-0.1, -0.05) is 25.9 Å². The Morgan fingerprint density at radius 2 is 2.14 bits per heavy atom. The van der Waals surface area contributed by atoms with E-state index >= 15 is 0 Å². The maximum absolute atomic E-state index is 8.67. The molecule has 0 aliphatic rings. The van der Waals surface area contributed by atoms with Crippen molar-refractivity contribution in [1.82, 2.24) is 10.1 Å². The fraction of sp³-hybridized carbons (Fsp3) is 0.778. The Labute approximate surface area is 83.3 Å². The van der Waals surface area contributed by atoms with E-state index in [-0.39, 0.29) is 18.1 Å². The second kappa shape index (κ2) is 4.06. The van der Waals surface area contributed by atoms with Crippen molar-refractivity contribution in [3.05, 3.63) is 11.7 Å². The van der Waals surface area contributed by atoms with Crippen molar-refractivity contribution in [3.63, 3.8) is 0 Å². The predicted octanol–water partition coefficient (Wildman–Crippen LogP) is 0.650. The summed E-state index contributed by atoms with van der Waals surface area (Å²) in [6.45, 7) is 6.04. The number of nitrogens with two attached hydrogens (primary N) is 1. The van der Waals surface area contributed by atoms with Gasteiger partial charge in [-0.3, -0.25) is 0 Å². The largest absolute Gasteiger partial charge is 0.396 e. The summed E-state index contributed by atoms with van der Waals surface area (Å²) in [5.41, 5.74) is 5.81. The molecule has 5 nitrogen and oxygen atoms in total. The predicted molar refractivity (Wildman–Crippen MR) is 51.5 cm³/mol. The third-order valence-electron chi connectivity index (χ3n) is 2.02. The molecule has 0 saturated carbocycles. The number of rotatable bonds is 3. The van der Waals surface area contributed by atoms with Gasteiger partial charge >= 0.3 is 0 Å². The normalized spacial score (nSPS) is 14.4. The fourth-order valence-corrected chi connectivity index (χ4v) is 0.966. The number of aromatic nitrogens is 2. The van der Waals surface area contributed by atoms with E-state index in [1.54, 1.807) is 0 Å². The van der Waals surface area contributed by atoms with Crippen molar-refractivity contribution in [2.24, 2.45) is 11.1 Å². The highest BCUT2D eigenvalue weighted by Crippen LogP contribution is 2.29. The minimum atomic E-state index is -0.276. The van der Waals surface area contributed by atoms with Gasteiger partial charge in [0, 0.05) is 6.42 Å². The van der Waals surface area contributed by atoms with Gasteiger partial charge in [-0.2, -0.15) is 4.98 Å². The molecule has 0 aliphatic heterocycles. The standard InChI is InChI=1S/C9H17N3O2/c1-9(2,3)7(10)8-11-6(4-5-13)12-14-8/h7,13H,4-5,10H2,1-3H3. The molecule has 0 amide bonds. The zero-order chi connectivity index (χ0) is 10.8. The first-order valence-corrected chi connectivity index (χ1v) is 4.64. The van der Waals surface area contributed by atoms with Gasteiger partial charge in [-0.25, -0.2) is 0 Å². The minimum Gasteiger partial charge on any atom is -0.396 e. The lowest BCUT2D eigenvalue weighted by atomic mass is 9.87. The molecule has 1 aromatic heterocycles. The van der Waals surface area contributed by atoms with Crippen LogP contribution in [-0.2, 0) is 6.42 Å². The summed E-state index contributed by atoms with van der Waals surface area (Å²) in [7, 11) is 0. The minimum absolute atomic E-state index is 0.0176. The molecule has 14 heavy (non-hydrogen) atoms. The van der Waals surface area contributed by atoms with Crippen molar-refractivity contribution in [2.75, 3.05) is 6.61 Å². The van der Waals surface area contributed by atoms with Crippen molar-refractivity contribution >= 4 is 0 Å². The molecule has 0 aromatic carbocycles. The number of aliphatic hydroxyl groups excluding tert-OH is 1. The molecule has 0 radical (unpaired) electrons. The zero-order valence-corrected chi connectivity index (χ0v) is 8.82. The van der Waals surface area contributed by atoms with E-state index in [4.69, 9.17) is 15.4 Å². The molecule has 1 atom stereocenters. The van der Waals surface area contributed by atoms with Crippen LogP contribution in [0.5, 0.6) is 0 Å². The van der Waals surface area contributed by atoms with Crippen molar-refractivity contribution in [2.45, 2.75) is 33.2 Å². The lowest BCUT2D eigenvalue weighted by Crippen LogP contribution is -2.26. The van der Waals surface area contributed by atoms with Gasteiger partial charge in [-0.05, 0) is 5.41 Å². The summed E-state index contributed by atoms with van der Waals surface area (Å²) in [6, 6.07) is -0.276. The van der Waals surface area contributed by atoms with Gasteiger partial charge in [0.2, 0.25) is 5.89 Å². The first-order valence-electron chi connectivity index (χ1n) is 4.64. The molecule has 0 spiro atoms. The highest BCUT2D eigenvalue weighted by molar-refractivity contribution is 4.96. The molecule has 0 fully saturated rings. The first-order chi connectivity index (χ1) is 6.45. The van der Waals surface area contributed by atoms with Gasteiger partial charge in [0.05, 0.1) is 12.6 Å².